The van der Waals surface area contributed by atoms with Gasteiger partial charge in [-0.25, -0.2) is 4.98 Å². The van der Waals surface area contributed by atoms with Gasteiger partial charge in [-0.1, -0.05) is 29.8 Å². The summed E-state index contributed by atoms with van der Waals surface area (Å²) in [5.74, 6) is -0.735. The number of carbonyl (C=O) groups is 1. The Morgan fingerprint density at radius 3 is 2.57 bits per heavy atom. The standard InChI is InChI=1S/C18H24N2O2S/c1-12-7-9-15(10-8-12)18-19-13(2)17(23-18)14(3)20(4)11-5-6-16(21)22/h7-10,14H,5-6,11H2,1-4H3,(H,21,22). The van der Waals surface area contributed by atoms with Gasteiger partial charge in [0.2, 0.25) is 0 Å². The fourth-order valence-electron chi connectivity index (χ4n) is 2.49. The lowest BCUT2D eigenvalue weighted by atomic mass is 10.1. The lowest BCUT2D eigenvalue weighted by molar-refractivity contribution is -0.137. The molecular formula is C18H24N2O2S. The number of aryl methyl sites for hydroxylation is 2. The Morgan fingerprint density at radius 1 is 1.30 bits per heavy atom. The van der Waals surface area contributed by atoms with Crippen LogP contribution in [0, 0.1) is 13.8 Å². The minimum Gasteiger partial charge on any atom is -0.481 e. The fourth-order valence-corrected chi connectivity index (χ4v) is 3.68. The molecule has 124 valence electrons. The number of aliphatic carboxylic acids is 1. The van der Waals surface area contributed by atoms with E-state index in [0.717, 1.165) is 22.8 Å². The first kappa shape index (κ1) is 17.6. The highest BCUT2D eigenvalue weighted by molar-refractivity contribution is 7.15. The first-order valence-corrected chi connectivity index (χ1v) is 8.66. The molecule has 23 heavy (non-hydrogen) atoms. The first-order valence-electron chi connectivity index (χ1n) is 7.85. The third kappa shape index (κ3) is 4.62. The quantitative estimate of drug-likeness (QED) is 0.822. The van der Waals surface area contributed by atoms with Crippen molar-refractivity contribution in [2.45, 2.75) is 39.7 Å². The van der Waals surface area contributed by atoms with Gasteiger partial charge >= 0.3 is 5.97 Å². The molecule has 0 amide bonds. The van der Waals surface area contributed by atoms with E-state index in [1.165, 1.54) is 10.4 Å². The lowest BCUT2D eigenvalue weighted by Crippen LogP contribution is -2.24. The highest BCUT2D eigenvalue weighted by Gasteiger charge is 2.18. The van der Waals surface area contributed by atoms with Crippen molar-refractivity contribution in [2.75, 3.05) is 13.6 Å². The third-order valence-electron chi connectivity index (χ3n) is 4.07. The Bertz CT molecular complexity index is 664. The van der Waals surface area contributed by atoms with Gasteiger partial charge in [-0.15, -0.1) is 11.3 Å². The van der Waals surface area contributed by atoms with E-state index >= 15 is 0 Å². The average Bonchev–Trinajstić information content (AvgIpc) is 2.88. The highest BCUT2D eigenvalue weighted by atomic mass is 32.1. The number of hydrogen-bond acceptors (Lipinski definition) is 4. The topological polar surface area (TPSA) is 53.4 Å². The molecule has 0 aliphatic heterocycles. The second-order valence-electron chi connectivity index (χ2n) is 5.99. The predicted octanol–water partition coefficient (Wildman–Crippen LogP) is 4.28. The van der Waals surface area contributed by atoms with E-state index in [4.69, 9.17) is 10.1 Å². The SMILES string of the molecule is Cc1ccc(-c2nc(C)c(C(C)N(C)CCCC(=O)O)s2)cc1. The van der Waals surface area contributed by atoms with E-state index in [-0.39, 0.29) is 12.5 Å². The molecule has 0 aliphatic carbocycles. The largest absolute Gasteiger partial charge is 0.481 e. The van der Waals surface area contributed by atoms with E-state index in [0.29, 0.717) is 6.42 Å². The molecule has 1 aromatic heterocycles. The van der Waals surface area contributed by atoms with Crippen LogP contribution in [0.3, 0.4) is 0 Å². The van der Waals surface area contributed by atoms with Crippen LogP contribution in [0.2, 0.25) is 0 Å². The Kier molecular flexibility index (Phi) is 5.91. The van der Waals surface area contributed by atoms with Crippen LogP contribution in [0.5, 0.6) is 0 Å². The number of carboxylic acids is 1. The molecule has 0 radical (unpaired) electrons. The highest BCUT2D eigenvalue weighted by Crippen LogP contribution is 2.33. The summed E-state index contributed by atoms with van der Waals surface area (Å²) in [5, 5.41) is 9.79. The molecule has 1 heterocycles. The molecule has 0 saturated carbocycles. The minimum absolute atomic E-state index is 0.216. The summed E-state index contributed by atoms with van der Waals surface area (Å²) in [7, 11) is 2.04. The number of nitrogens with zero attached hydrogens (tertiary/aromatic N) is 2. The second kappa shape index (κ2) is 7.70. The second-order valence-corrected chi connectivity index (χ2v) is 7.02. The van der Waals surface area contributed by atoms with Gasteiger partial charge in [-0.2, -0.15) is 0 Å². The van der Waals surface area contributed by atoms with Crippen LogP contribution in [-0.4, -0.2) is 34.6 Å². The average molecular weight is 332 g/mol. The van der Waals surface area contributed by atoms with Crippen LogP contribution >= 0.6 is 11.3 Å². The van der Waals surface area contributed by atoms with Gasteiger partial charge in [0.25, 0.3) is 0 Å². The van der Waals surface area contributed by atoms with Crippen molar-refractivity contribution in [1.29, 1.82) is 0 Å². The van der Waals surface area contributed by atoms with Crippen LogP contribution in [0.25, 0.3) is 10.6 Å². The van der Waals surface area contributed by atoms with Crippen molar-refractivity contribution >= 4 is 17.3 Å². The van der Waals surface area contributed by atoms with Crippen LogP contribution in [0.4, 0.5) is 0 Å². The molecule has 2 rings (SSSR count). The molecule has 1 aromatic carbocycles. The molecule has 1 unspecified atom stereocenters. The Hall–Kier alpha value is -1.72. The Balaban J connectivity index is 2.10. The van der Waals surface area contributed by atoms with Gasteiger partial charge in [0.15, 0.2) is 0 Å². The summed E-state index contributed by atoms with van der Waals surface area (Å²) in [6, 6.07) is 8.66. The van der Waals surface area contributed by atoms with Crippen molar-refractivity contribution in [1.82, 2.24) is 9.88 Å². The van der Waals surface area contributed by atoms with Crippen LogP contribution < -0.4 is 0 Å². The zero-order valence-corrected chi connectivity index (χ0v) is 15.0. The van der Waals surface area contributed by atoms with Crippen molar-refractivity contribution in [3.05, 3.63) is 40.4 Å². The van der Waals surface area contributed by atoms with E-state index < -0.39 is 5.97 Å². The van der Waals surface area contributed by atoms with E-state index in [2.05, 4.69) is 43.0 Å². The minimum atomic E-state index is -0.735. The van der Waals surface area contributed by atoms with Gasteiger partial charge in [0, 0.05) is 22.9 Å². The predicted molar refractivity (Wildman–Crippen MR) is 94.9 cm³/mol. The molecule has 0 aliphatic rings. The molecule has 1 N–H and O–H groups in total. The summed E-state index contributed by atoms with van der Waals surface area (Å²) >= 11 is 1.73. The molecule has 2 aromatic rings. The number of benzene rings is 1. The van der Waals surface area contributed by atoms with Crippen LogP contribution in [0.15, 0.2) is 24.3 Å². The number of carboxylic acid groups (broad SMARTS) is 1. The number of rotatable bonds is 7. The van der Waals surface area contributed by atoms with E-state index in [9.17, 15) is 4.79 Å². The molecule has 0 spiro atoms. The number of aromatic nitrogens is 1. The normalized spacial score (nSPS) is 12.6. The van der Waals surface area contributed by atoms with E-state index in [1.54, 1.807) is 11.3 Å². The van der Waals surface area contributed by atoms with Gasteiger partial charge in [0.05, 0.1) is 5.69 Å². The monoisotopic (exact) mass is 332 g/mol. The van der Waals surface area contributed by atoms with Gasteiger partial charge in [0.1, 0.15) is 5.01 Å². The molecule has 4 nitrogen and oxygen atoms in total. The molecule has 0 fully saturated rings. The fraction of sp³-hybridized carbons (Fsp3) is 0.444. The van der Waals surface area contributed by atoms with Crippen LogP contribution in [-0.2, 0) is 4.79 Å². The molecule has 0 saturated heterocycles. The lowest BCUT2D eigenvalue weighted by Gasteiger charge is -2.23. The zero-order chi connectivity index (χ0) is 17.0. The maximum Gasteiger partial charge on any atom is 0.303 e. The summed E-state index contributed by atoms with van der Waals surface area (Å²) in [5.41, 5.74) is 3.45. The van der Waals surface area contributed by atoms with Gasteiger partial charge in [-0.05, 0) is 40.8 Å². The maximum atomic E-state index is 10.6. The first-order chi connectivity index (χ1) is 10.9. The zero-order valence-electron chi connectivity index (χ0n) is 14.2. The Morgan fingerprint density at radius 2 is 1.96 bits per heavy atom. The smallest absolute Gasteiger partial charge is 0.303 e. The summed E-state index contributed by atoms with van der Waals surface area (Å²) in [6.07, 6.45) is 0.881. The van der Waals surface area contributed by atoms with Gasteiger partial charge in [-0.3, -0.25) is 9.69 Å². The van der Waals surface area contributed by atoms with Crippen molar-refractivity contribution in [3.8, 4) is 10.6 Å². The van der Waals surface area contributed by atoms with Crippen molar-refractivity contribution in [3.63, 3.8) is 0 Å². The maximum absolute atomic E-state index is 10.6. The summed E-state index contributed by atoms with van der Waals surface area (Å²) in [6.45, 7) is 7.05. The van der Waals surface area contributed by atoms with Crippen LogP contribution in [0.1, 0.15) is 41.9 Å². The molecular weight excluding hydrogens is 308 g/mol. The van der Waals surface area contributed by atoms with E-state index in [1.807, 2.05) is 14.0 Å². The number of thiazole rings is 1. The van der Waals surface area contributed by atoms with Crippen molar-refractivity contribution in [2.24, 2.45) is 0 Å². The summed E-state index contributed by atoms with van der Waals surface area (Å²) < 4.78 is 0. The third-order valence-corrected chi connectivity index (χ3v) is 5.45. The molecule has 0 bridgehead atoms. The van der Waals surface area contributed by atoms with Gasteiger partial charge < -0.3 is 5.11 Å². The Labute approximate surface area is 141 Å². The van der Waals surface area contributed by atoms with Crippen molar-refractivity contribution < 1.29 is 9.90 Å². The number of hydrogen-bond donors (Lipinski definition) is 1. The molecule has 1 atom stereocenters. The summed E-state index contributed by atoms with van der Waals surface area (Å²) in [4.78, 5) is 18.8. The molecule has 5 heteroatoms.